The van der Waals surface area contributed by atoms with Crippen LogP contribution in [0.4, 0.5) is 9.59 Å². The molecule has 162 valence electrons. The number of likely N-dealkylation sites (tertiary alicyclic amines) is 1. The van der Waals surface area contributed by atoms with Crippen molar-refractivity contribution in [2.75, 3.05) is 19.7 Å². The molecule has 5 rings (SSSR count). The summed E-state index contributed by atoms with van der Waals surface area (Å²) in [5.74, 6) is 0.361. The van der Waals surface area contributed by atoms with Gasteiger partial charge >= 0.3 is 18.2 Å². The van der Waals surface area contributed by atoms with Crippen molar-refractivity contribution >= 4 is 18.2 Å². The van der Waals surface area contributed by atoms with Crippen molar-refractivity contribution in [1.82, 2.24) is 10.2 Å². The predicted octanol–water partition coefficient (Wildman–Crippen LogP) is 2.86. The lowest BCUT2D eigenvalue weighted by atomic mass is 9.48. The number of carbonyl (C=O) groups excluding carboxylic acids is 2. The van der Waals surface area contributed by atoms with E-state index in [0.717, 1.165) is 19.3 Å². The first-order valence-corrected chi connectivity index (χ1v) is 10.9. The van der Waals surface area contributed by atoms with Gasteiger partial charge in [-0.05, 0) is 62.2 Å². The van der Waals surface area contributed by atoms with Crippen molar-refractivity contribution in [2.24, 2.45) is 29.1 Å². The molecule has 29 heavy (non-hydrogen) atoms. The van der Waals surface area contributed by atoms with Crippen LogP contribution in [0.2, 0.25) is 0 Å². The minimum absolute atomic E-state index is 0.129. The standard InChI is InChI=1S/C21H32N2O6/c1-12(2)11-28-19(26)22-16-3-4-23(10-16)20(27)29-17-14-5-13-6-15(17)9-21(7-13,8-14)18(24)25/h12-17H,3-11H2,1-2H3,(H,22,26)(H,24,25)/t13?,14-,15?,16?,17?,21?/m1/s1. The summed E-state index contributed by atoms with van der Waals surface area (Å²) in [4.78, 5) is 38.1. The van der Waals surface area contributed by atoms with Crippen LogP contribution in [0.15, 0.2) is 0 Å². The fraction of sp³-hybridized carbons (Fsp3) is 0.857. The molecule has 4 aliphatic carbocycles. The molecule has 4 saturated carbocycles. The molecule has 5 unspecified atom stereocenters. The van der Waals surface area contributed by atoms with Gasteiger partial charge in [0.25, 0.3) is 0 Å². The van der Waals surface area contributed by atoms with Gasteiger partial charge in [0.2, 0.25) is 0 Å². The molecule has 5 aliphatic rings. The molecule has 0 radical (unpaired) electrons. The summed E-state index contributed by atoms with van der Waals surface area (Å²) in [6.45, 7) is 5.27. The highest BCUT2D eigenvalue weighted by Gasteiger charge is 2.60. The number of nitrogens with zero attached hydrogens (tertiary/aromatic N) is 1. The molecule has 0 aromatic carbocycles. The topological polar surface area (TPSA) is 105 Å². The molecule has 0 aromatic heterocycles. The molecule has 5 fully saturated rings. The quantitative estimate of drug-likeness (QED) is 0.725. The summed E-state index contributed by atoms with van der Waals surface area (Å²) in [7, 11) is 0. The molecule has 0 aromatic rings. The number of hydrogen-bond acceptors (Lipinski definition) is 5. The van der Waals surface area contributed by atoms with Gasteiger partial charge in [0.05, 0.1) is 18.1 Å². The molecule has 1 aliphatic heterocycles. The summed E-state index contributed by atoms with van der Waals surface area (Å²) in [5.41, 5.74) is -0.599. The van der Waals surface area contributed by atoms with Crippen LogP contribution in [-0.4, -0.2) is 60.0 Å². The number of carboxylic acids is 1. The van der Waals surface area contributed by atoms with Gasteiger partial charge in [-0.25, -0.2) is 9.59 Å². The molecule has 0 spiro atoms. The van der Waals surface area contributed by atoms with Crippen LogP contribution in [0.5, 0.6) is 0 Å². The zero-order valence-corrected chi connectivity index (χ0v) is 17.3. The average Bonchev–Trinajstić information content (AvgIpc) is 3.10. The van der Waals surface area contributed by atoms with Crippen molar-refractivity contribution in [3.8, 4) is 0 Å². The molecule has 8 heteroatoms. The zero-order chi connectivity index (χ0) is 20.8. The second-order valence-electron chi connectivity index (χ2n) is 9.97. The number of carboxylic acid groups (broad SMARTS) is 1. The van der Waals surface area contributed by atoms with E-state index in [0.29, 0.717) is 44.9 Å². The molecular weight excluding hydrogens is 376 g/mol. The first-order chi connectivity index (χ1) is 13.8. The Bertz CT molecular complexity index is 664. The van der Waals surface area contributed by atoms with Crippen molar-refractivity contribution in [3.63, 3.8) is 0 Å². The Morgan fingerprint density at radius 2 is 1.86 bits per heavy atom. The van der Waals surface area contributed by atoms with E-state index in [1.807, 2.05) is 13.8 Å². The van der Waals surface area contributed by atoms with Crippen molar-refractivity contribution in [3.05, 3.63) is 0 Å². The number of hydrogen-bond donors (Lipinski definition) is 2. The fourth-order valence-corrected chi connectivity index (χ4v) is 6.12. The Balaban J connectivity index is 1.29. The molecule has 1 heterocycles. The maximum Gasteiger partial charge on any atom is 0.410 e. The molecule has 8 nitrogen and oxygen atoms in total. The maximum absolute atomic E-state index is 12.7. The molecule has 2 N–H and O–H groups in total. The second kappa shape index (κ2) is 7.69. The number of aliphatic carboxylic acids is 1. The Kier molecular flexibility index (Phi) is 5.38. The Morgan fingerprint density at radius 3 is 2.48 bits per heavy atom. The smallest absolute Gasteiger partial charge is 0.410 e. The number of nitrogens with one attached hydrogen (secondary N) is 1. The SMILES string of the molecule is CC(C)COC(=O)NC1CCN(C(=O)OC2C3CC4C[C@@H]2CC(C(=O)O)(C4)C3)C1. The third kappa shape index (κ3) is 4.03. The predicted molar refractivity (Wildman–Crippen MR) is 103 cm³/mol. The largest absolute Gasteiger partial charge is 0.481 e. The van der Waals surface area contributed by atoms with Crippen LogP contribution in [0, 0.1) is 29.1 Å². The summed E-state index contributed by atoms with van der Waals surface area (Å²) in [6.07, 6.45) is 3.68. The van der Waals surface area contributed by atoms with Crippen molar-refractivity contribution in [1.29, 1.82) is 0 Å². The van der Waals surface area contributed by atoms with E-state index >= 15 is 0 Å². The normalized spacial score (nSPS) is 37.6. The van der Waals surface area contributed by atoms with E-state index in [1.54, 1.807) is 4.90 Å². The monoisotopic (exact) mass is 408 g/mol. The Hall–Kier alpha value is -1.99. The summed E-state index contributed by atoms with van der Waals surface area (Å²) >= 11 is 0. The fourth-order valence-electron chi connectivity index (χ4n) is 6.12. The lowest BCUT2D eigenvalue weighted by molar-refractivity contribution is -0.179. The van der Waals surface area contributed by atoms with E-state index in [9.17, 15) is 19.5 Å². The van der Waals surface area contributed by atoms with Gasteiger partial charge in [-0.2, -0.15) is 0 Å². The molecule has 4 bridgehead atoms. The van der Waals surface area contributed by atoms with Crippen LogP contribution in [0.1, 0.15) is 52.4 Å². The van der Waals surface area contributed by atoms with Crippen molar-refractivity contribution < 1.29 is 29.0 Å². The van der Waals surface area contributed by atoms with Gasteiger partial charge < -0.3 is 24.8 Å². The molecule has 2 amide bonds. The number of alkyl carbamates (subject to hydrolysis) is 1. The van der Waals surface area contributed by atoms with Gasteiger partial charge in [0.15, 0.2) is 0 Å². The van der Waals surface area contributed by atoms with Crippen LogP contribution in [0.3, 0.4) is 0 Å². The van der Waals surface area contributed by atoms with Gasteiger partial charge in [-0.15, -0.1) is 0 Å². The third-order valence-corrected chi connectivity index (χ3v) is 7.19. The van der Waals surface area contributed by atoms with Crippen LogP contribution in [0.25, 0.3) is 0 Å². The second-order valence-corrected chi connectivity index (χ2v) is 9.97. The van der Waals surface area contributed by atoms with Gasteiger partial charge in [-0.1, -0.05) is 13.8 Å². The minimum Gasteiger partial charge on any atom is -0.481 e. The molecule has 6 atom stereocenters. The maximum atomic E-state index is 12.7. The summed E-state index contributed by atoms with van der Waals surface area (Å²) in [6, 6.07) is -0.129. The van der Waals surface area contributed by atoms with Crippen LogP contribution >= 0.6 is 0 Å². The number of ether oxygens (including phenoxy) is 2. The van der Waals surface area contributed by atoms with Crippen LogP contribution in [-0.2, 0) is 14.3 Å². The van der Waals surface area contributed by atoms with E-state index < -0.39 is 17.5 Å². The summed E-state index contributed by atoms with van der Waals surface area (Å²) in [5, 5.41) is 12.5. The molecular formula is C21H32N2O6. The number of carbonyl (C=O) groups is 3. The van der Waals surface area contributed by atoms with Gasteiger partial charge in [-0.3, -0.25) is 4.79 Å². The summed E-state index contributed by atoms with van der Waals surface area (Å²) < 4.78 is 11.1. The highest BCUT2D eigenvalue weighted by molar-refractivity contribution is 5.75. The lowest BCUT2D eigenvalue weighted by Gasteiger charge is -2.57. The highest BCUT2D eigenvalue weighted by atomic mass is 16.6. The highest BCUT2D eigenvalue weighted by Crippen LogP contribution is 2.60. The molecule has 1 saturated heterocycles. The van der Waals surface area contributed by atoms with Crippen molar-refractivity contribution in [2.45, 2.75) is 64.5 Å². The average molecular weight is 408 g/mol. The van der Waals surface area contributed by atoms with Gasteiger partial charge in [0, 0.05) is 13.1 Å². The van der Waals surface area contributed by atoms with E-state index in [1.165, 1.54) is 0 Å². The Labute approximate surface area is 171 Å². The third-order valence-electron chi connectivity index (χ3n) is 7.19. The first kappa shape index (κ1) is 20.3. The minimum atomic E-state index is -0.681. The lowest BCUT2D eigenvalue weighted by Crippen LogP contribution is -2.57. The zero-order valence-electron chi connectivity index (χ0n) is 17.3. The number of amides is 2. The van der Waals surface area contributed by atoms with Gasteiger partial charge in [0.1, 0.15) is 6.10 Å². The van der Waals surface area contributed by atoms with Crippen LogP contribution < -0.4 is 5.32 Å². The van der Waals surface area contributed by atoms with E-state index in [4.69, 9.17) is 9.47 Å². The van der Waals surface area contributed by atoms with E-state index in [2.05, 4.69) is 5.32 Å². The number of rotatable bonds is 5. The van der Waals surface area contributed by atoms with E-state index in [-0.39, 0.29) is 36.0 Å². The first-order valence-electron chi connectivity index (χ1n) is 10.9. The Morgan fingerprint density at radius 1 is 1.17 bits per heavy atom.